The molecule has 3 aromatic rings. The molecule has 0 heterocycles. The number of anilines is 1. The maximum Gasteiger partial charge on any atom is 0.264 e. The standard InChI is InChI=1S/C32H41N3O5S/c1-7-30(32(37)33-20-23(2)3)34(21-26-12-9-8-11-25(26)5)31(36)22-35(27-13-10-14-28(19-27)40-6)41(38,39)29-17-15-24(4)16-18-29/h8-19,23,30H,7,20-22H2,1-6H3,(H,33,37)/t30-/m0/s1. The molecule has 1 N–H and O–H groups in total. The van der Waals surface area contributed by atoms with Gasteiger partial charge in [-0.15, -0.1) is 0 Å². The maximum absolute atomic E-state index is 14.2. The first-order valence-electron chi connectivity index (χ1n) is 13.8. The van der Waals surface area contributed by atoms with Crippen molar-refractivity contribution in [3.63, 3.8) is 0 Å². The number of sulfonamides is 1. The Morgan fingerprint density at radius 3 is 2.24 bits per heavy atom. The summed E-state index contributed by atoms with van der Waals surface area (Å²) in [6, 6.07) is 20.0. The Labute approximate surface area is 244 Å². The highest BCUT2D eigenvalue weighted by molar-refractivity contribution is 7.92. The first-order valence-corrected chi connectivity index (χ1v) is 15.3. The van der Waals surface area contributed by atoms with Crippen LogP contribution in [0.5, 0.6) is 5.75 Å². The molecule has 0 aliphatic carbocycles. The van der Waals surface area contributed by atoms with E-state index >= 15 is 0 Å². The number of carbonyl (C=O) groups is 2. The summed E-state index contributed by atoms with van der Waals surface area (Å²) in [6.07, 6.45) is 0.366. The van der Waals surface area contributed by atoms with Crippen LogP contribution in [-0.2, 0) is 26.2 Å². The number of aryl methyl sites for hydroxylation is 2. The minimum Gasteiger partial charge on any atom is -0.497 e. The number of rotatable bonds is 13. The van der Waals surface area contributed by atoms with Gasteiger partial charge >= 0.3 is 0 Å². The summed E-state index contributed by atoms with van der Waals surface area (Å²) in [5.41, 5.74) is 3.05. The molecule has 3 aromatic carbocycles. The SMILES string of the molecule is CC[C@@H](C(=O)NCC(C)C)N(Cc1ccccc1C)C(=O)CN(c1cccc(OC)c1)S(=O)(=O)c1ccc(C)cc1. The van der Waals surface area contributed by atoms with E-state index < -0.39 is 28.5 Å². The number of ether oxygens (including phenoxy) is 1. The molecule has 0 aromatic heterocycles. The van der Waals surface area contributed by atoms with Gasteiger partial charge in [-0.25, -0.2) is 8.42 Å². The van der Waals surface area contributed by atoms with Gasteiger partial charge in [0.25, 0.3) is 10.0 Å². The first-order chi connectivity index (χ1) is 19.5. The van der Waals surface area contributed by atoms with Gasteiger partial charge in [0, 0.05) is 19.2 Å². The number of nitrogens with one attached hydrogen (secondary N) is 1. The fraction of sp³-hybridized carbons (Fsp3) is 0.375. The number of amides is 2. The number of methoxy groups -OCH3 is 1. The van der Waals surface area contributed by atoms with Crippen LogP contribution in [0.3, 0.4) is 0 Å². The molecule has 220 valence electrons. The fourth-order valence-corrected chi connectivity index (χ4v) is 5.85. The predicted octanol–water partition coefficient (Wildman–Crippen LogP) is 5.09. The van der Waals surface area contributed by atoms with Crippen molar-refractivity contribution in [2.75, 3.05) is 24.5 Å². The highest BCUT2D eigenvalue weighted by Crippen LogP contribution is 2.28. The molecule has 0 unspecified atom stereocenters. The highest BCUT2D eigenvalue weighted by Gasteiger charge is 2.34. The van der Waals surface area contributed by atoms with Gasteiger partial charge in [-0.3, -0.25) is 13.9 Å². The van der Waals surface area contributed by atoms with Crippen molar-refractivity contribution in [3.8, 4) is 5.75 Å². The second kappa shape index (κ2) is 14.2. The van der Waals surface area contributed by atoms with E-state index in [1.807, 2.05) is 58.9 Å². The molecule has 41 heavy (non-hydrogen) atoms. The monoisotopic (exact) mass is 579 g/mol. The van der Waals surface area contributed by atoms with Gasteiger partial charge in [-0.2, -0.15) is 0 Å². The Morgan fingerprint density at radius 2 is 1.63 bits per heavy atom. The van der Waals surface area contributed by atoms with E-state index in [2.05, 4.69) is 5.32 Å². The predicted molar refractivity (Wildman–Crippen MR) is 162 cm³/mol. The molecule has 3 rings (SSSR count). The van der Waals surface area contributed by atoms with Crippen molar-refractivity contribution in [3.05, 3.63) is 89.5 Å². The summed E-state index contributed by atoms with van der Waals surface area (Å²) in [5.74, 6) is -0.0636. The van der Waals surface area contributed by atoms with Crippen molar-refractivity contribution in [2.45, 2.75) is 58.5 Å². The van der Waals surface area contributed by atoms with E-state index in [1.165, 1.54) is 24.1 Å². The minimum atomic E-state index is -4.15. The van der Waals surface area contributed by atoms with Crippen LogP contribution in [0.2, 0.25) is 0 Å². The van der Waals surface area contributed by atoms with Gasteiger partial charge in [0.05, 0.1) is 17.7 Å². The minimum absolute atomic E-state index is 0.0610. The Bertz CT molecular complexity index is 1440. The number of hydrogen-bond acceptors (Lipinski definition) is 5. The molecule has 0 saturated carbocycles. The Kier molecular flexibility index (Phi) is 10.9. The molecule has 2 amide bonds. The average Bonchev–Trinajstić information content (AvgIpc) is 2.95. The van der Waals surface area contributed by atoms with E-state index in [9.17, 15) is 18.0 Å². The summed E-state index contributed by atoms with van der Waals surface area (Å²) in [4.78, 5) is 29.1. The van der Waals surface area contributed by atoms with Crippen molar-refractivity contribution in [2.24, 2.45) is 5.92 Å². The topological polar surface area (TPSA) is 96.0 Å². The van der Waals surface area contributed by atoms with Crippen molar-refractivity contribution >= 4 is 27.5 Å². The molecule has 0 radical (unpaired) electrons. The smallest absolute Gasteiger partial charge is 0.264 e. The lowest BCUT2D eigenvalue weighted by Crippen LogP contribution is -2.52. The Hall–Kier alpha value is -3.85. The van der Waals surface area contributed by atoms with Gasteiger partial charge in [0.2, 0.25) is 11.8 Å². The molecule has 0 aliphatic rings. The molecule has 1 atom stereocenters. The molecule has 8 nitrogen and oxygen atoms in total. The highest BCUT2D eigenvalue weighted by atomic mass is 32.2. The molecule has 0 saturated heterocycles. The fourth-order valence-electron chi connectivity index (χ4n) is 4.44. The van der Waals surface area contributed by atoms with Gasteiger partial charge < -0.3 is 15.0 Å². The van der Waals surface area contributed by atoms with Crippen LogP contribution in [0.1, 0.15) is 43.9 Å². The molecular weight excluding hydrogens is 538 g/mol. The molecule has 0 fully saturated rings. The van der Waals surface area contributed by atoms with Gasteiger partial charge in [0.15, 0.2) is 0 Å². The number of hydrogen-bond donors (Lipinski definition) is 1. The van der Waals surface area contributed by atoms with E-state index in [0.29, 0.717) is 18.7 Å². The lowest BCUT2D eigenvalue weighted by atomic mass is 10.1. The number of benzene rings is 3. The van der Waals surface area contributed by atoms with Crippen LogP contribution in [0.4, 0.5) is 5.69 Å². The zero-order valence-corrected chi connectivity index (χ0v) is 25.6. The van der Waals surface area contributed by atoms with Crippen molar-refractivity contribution in [1.29, 1.82) is 0 Å². The van der Waals surface area contributed by atoms with E-state index in [4.69, 9.17) is 4.74 Å². The van der Waals surface area contributed by atoms with Gasteiger partial charge in [-0.1, -0.05) is 68.8 Å². The molecule has 0 aliphatic heterocycles. The van der Waals surface area contributed by atoms with E-state index in [1.54, 1.807) is 36.4 Å². The van der Waals surface area contributed by atoms with Crippen LogP contribution in [-0.4, -0.2) is 51.4 Å². The molecule has 0 bridgehead atoms. The van der Waals surface area contributed by atoms with Crippen molar-refractivity contribution in [1.82, 2.24) is 10.2 Å². The molecule has 9 heteroatoms. The quantitative estimate of drug-likeness (QED) is 0.305. The van der Waals surface area contributed by atoms with Crippen molar-refractivity contribution < 1.29 is 22.7 Å². The number of nitrogens with zero attached hydrogens (tertiary/aromatic N) is 2. The second-order valence-corrected chi connectivity index (χ2v) is 12.4. The third-order valence-corrected chi connectivity index (χ3v) is 8.69. The van der Waals surface area contributed by atoms with E-state index in [-0.39, 0.29) is 29.0 Å². The van der Waals surface area contributed by atoms with Crippen LogP contribution < -0.4 is 14.4 Å². The third kappa shape index (κ3) is 8.10. The lowest BCUT2D eigenvalue weighted by Gasteiger charge is -2.33. The van der Waals surface area contributed by atoms with E-state index in [0.717, 1.165) is 21.0 Å². The zero-order chi connectivity index (χ0) is 30.2. The summed E-state index contributed by atoms with van der Waals surface area (Å²) in [5, 5.41) is 2.95. The summed E-state index contributed by atoms with van der Waals surface area (Å²) in [7, 11) is -2.66. The van der Waals surface area contributed by atoms with Crippen LogP contribution in [0, 0.1) is 19.8 Å². The first kappa shape index (κ1) is 31.7. The zero-order valence-electron chi connectivity index (χ0n) is 24.8. The maximum atomic E-state index is 14.2. The summed E-state index contributed by atoms with van der Waals surface area (Å²) in [6.45, 7) is 9.80. The van der Waals surface area contributed by atoms with Crippen LogP contribution >= 0.6 is 0 Å². The Morgan fingerprint density at radius 1 is 0.951 bits per heavy atom. The average molecular weight is 580 g/mol. The lowest BCUT2D eigenvalue weighted by molar-refractivity contribution is -0.140. The van der Waals surface area contributed by atoms with Crippen LogP contribution in [0.25, 0.3) is 0 Å². The van der Waals surface area contributed by atoms with Gasteiger partial charge in [0.1, 0.15) is 18.3 Å². The Balaban J connectivity index is 2.08. The summed E-state index contributed by atoms with van der Waals surface area (Å²) < 4.78 is 34.4. The summed E-state index contributed by atoms with van der Waals surface area (Å²) >= 11 is 0. The van der Waals surface area contributed by atoms with Gasteiger partial charge in [-0.05, 0) is 61.6 Å². The second-order valence-electron chi connectivity index (χ2n) is 10.5. The van der Waals surface area contributed by atoms with Crippen LogP contribution in [0.15, 0.2) is 77.7 Å². The normalized spacial score (nSPS) is 12.1. The molecular formula is C32H41N3O5S. The largest absolute Gasteiger partial charge is 0.497 e. The molecule has 0 spiro atoms. The third-order valence-electron chi connectivity index (χ3n) is 6.90. The number of carbonyl (C=O) groups excluding carboxylic acids is 2.